The summed E-state index contributed by atoms with van der Waals surface area (Å²) in [6, 6.07) is 6.64. The van der Waals surface area contributed by atoms with Crippen LogP contribution in [0.4, 0.5) is 5.69 Å². The van der Waals surface area contributed by atoms with E-state index in [9.17, 15) is 13.2 Å². The van der Waals surface area contributed by atoms with Crippen molar-refractivity contribution in [1.29, 1.82) is 0 Å². The van der Waals surface area contributed by atoms with Crippen LogP contribution in [0.3, 0.4) is 0 Å². The Morgan fingerprint density at radius 2 is 2.10 bits per heavy atom. The summed E-state index contributed by atoms with van der Waals surface area (Å²) < 4.78 is 28.6. The average Bonchev–Trinajstić information content (AvgIpc) is 2.72. The molecule has 1 aromatic rings. The van der Waals surface area contributed by atoms with E-state index in [4.69, 9.17) is 4.74 Å². The lowest BCUT2D eigenvalue weighted by Gasteiger charge is -2.28. The van der Waals surface area contributed by atoms with Crippen molar-refractivity contribution in [2.45, 2.75) is 19.9 Å². The van der Waals surface area contributed by atoms with Gasteiger partial charge in [-0.2, -0.15) is 0 Å². The molecule has 0 saturated carbocycles. The number of amides is 1. The molecule has 0 aliphatic carbocycles. The first-order valence-electron chi connectivity index (χ1n) is 6.37. The Hall–Kier alpha value is -1.82. The number of sulfone groups is 1. The van der Waals surface area contributed by atoms with Crippen LogP contribution < -0.4 is 9.64 Å². The number of rotatable bonds is 4. The van der Waals surface area contributed by atoms with Gasteiger partial charge in [0.1, 0.15) is 5.75 Å². The molecule has 0 spiro atoms. The Morgan fingerprint density at radius 1 is 1.40 bits per heavy atom. The first kappa shape index (κ1) is 14.6. The summed E-state index contributed by atoms with van der Waals surface area (Å²) in [7, 11) is -3.22. The lowest BCUT2D eigenvalue weighted by atomic mass is 10.2. The zero-order chi connectivity index (χ0) is 14.8. The number of anilines is 1. The molecular formula is C14H17NO4S. The van der Waals surface area contributed by atoms with Gasteiger partial charge in [-0.1, -0.05) is 12.1 Å². The molecule has 1 atom stereocenters. The number of carbonyl (C=O) groups is 1. The SMILES string of the molecule is CCOc1ccccc1N(C(C)=O)C1C=CS(=O)(=O)C1. The molecule has 1 unspecified atom stereocenters. The van der Waals surface area contributed by atoms with Gasteiger partial charge in [0, 0.05) is 12.3 Å². The highest BCUT2D eigenvalue weighted by atomic mass is 32.2. The Morgan fingerprint density at radius 3 is 2.65 bits per heavy atom. The van der Waals surface area contributed by atoms with Crippen LogP contribution in [-0.2, 0) is 14.6 Å². The maximum atomic E-state index is 11.9. The van der Waals surface area contributed by atoms with Crippen molar-refractivity contribution >= 4 is 21.4 Å². The molecule has 0 aromatic heterocycles. The molecule has 2 rings (SSSR count). The van der Waals surface area contributed by atoms with Crippen molar-refractivity contribution < 1.29 is 17.9 Å². The molecule has 0 radical (unpaired) electrons. The predicted molar refractivity (Wildman–Crippen MR) is 77.5 cm³/mol. The second kappa shape index (κ2) is 5.66. The summed E-state index contributed by atoms with van der Waals surface area (Å²) in [6.07, 6.45) is 1.54. The van der Waals surface area contributed by atoms with Crippen LogP contribution in [0.2, 0.25) is 0 Å². The fourth-order valence-corrected chi connectivity index (χ4v) is 3.50. The van der Waals surface area contributed by atoms with Crippen LogP contribution in [0.1, 0.15) is 13.8 Å². The monoisotopic (exact) mass is 295 g/mol. The lowest BCUT2D eigenvalue weighted by molar-refractivity contribution is -0.116. The number of hydrogen-bond acceptors (Lipinski definition) is 4. The quantitative estimate of drug-likeness (QED) is 0.849. The molecule has 0 bridgehead atoms. The van der Waals surface area contributed by atoms with Gasteiger partial charge >= 0.3 is 0 Å². The maximum absolute atomic E-state index is 11.9. The highest BCUT2D eigenvalue weighted by Gasteiger charge is 2.31. The molecule has 0 saturated heterocycles. The van der Waals surface area contributed by atoms with Gasteiger partial charge in [-0.15, -0.1) is 0 Å². The third-order valence-corrected chi connectivity index (χ3v) is 4.38. The van der Waals surface area contributed by atoms with Gasteiger partial charge < -0.3 is 9.64 Å². The zero-order valence-corrected chi connectivity index (χ0v) is 12.3. The molecule has 1 heterocycles. The smallest absolute Gasteiger partial charge is 0.224 e. The van der Waals surface area contributed by atoms with Gasteiger partial charge in [-0.3, -0.25) is 4.79 Å². The lowest BCUT2D eigenvalue weighted by Crippen LogP contribution is -2.40. The average molecular weight is 295 g/mol. The number of nitrogens with zero attached hydrogens (tertiary/aromatic N) is 1. The minimum absolute atomic E-state index is 0.0902. The van der Waals surface area contributed by atoms with E-state index >= 15 is 0 Å². The number of para-hydroxylation sites is 2. The van der Waals surface area contributed by atoms with Crippen molar-refractivity contribution in [2.24, 2.45) is 0 Å². The number of benzene rings is 1. The Balaban J connectivity index is 2.40. The highest BCUT2D eigenvalue weighted by molar-refractivity contribution is 7.94. The molecule has 1 amide bonds. The summed E-state index contributed by atoms with van der Waals surface area (Å²) in [5, 5.41) is 1.16. The molecule has 1 aliphatic rings. The van der Waals surface area contributed by atoms with E-state index in [1.807, 2.05) is 13.0 Å². The molecule has 0 N–H and O–H groups in total. The zero-order valence-electron chi connectivity index (χ0n) is 11.4. The maximum Gasteiger partial charge on any atom is 0.224 e. The van der Waals surface area contributed by atoms with Crippen molar-refractivity contribution in [2.75, 3.05) is 17.3 Å². The Bertz CT molecular complexity index is 636. The molecule has 1 aliphatic heterocycles. The first-order valence-corrected chi connectivity index (χ1v) is 8.08. The topological polar surface area (TPSA) is 63.7 Å². The molecular weight excluding hydrogens is 278 g/mol. The fourth-order valence-electron chi connectivity index (χ4n) is 2.24. The van der Waals surface area contributed by atoms with Gasteiger partial charge in [0.2, 0.25) is 5.91 Å². The van der Waals surface area contributed by atoms with Gasteiger partial charge in [-0.25, -0.2) is 8.42 Å². The van der Waals surface area contributed by atoms with E-state index in [0.717, 1.165) is 5.41 Å². The Kier molecular flexibility index (Phi) is 4.13. The van der Waals surface area contributed by atoms with Gasteiger partial charge in [-0.05, 0) is 25.1 Å². The second-order valence-electron chi connectivity index (χ2n) is 4.52. The molecule has 1 aromatic carbocycles. The van der Waals surface area contributed by atoms with Crippen LogP contribution in [0.5, 0.6) is 5.75 Å². The van der Waals surface area contributed by atoms with Gasteiger partial charge in [0.25, 0.3) is 0 Å². The normalized spacial score (nSPS) is 19.8. The van der Waals surface area contributed by atoms with E-state index in [1.165, 1.54) is 11.8 Å². The largest absolute Gasteiger partial charge is 0.492 e. The third kappa shape index (κ3) is 3.01. The number of carbonyl (C=O) groups excluding carboxylic acids is 1. The molecule has 0 fully saturated rings. The highest BCUT2D eigenvalue weighted by Crippen LogP contribution is 2.31. The van der Waals surface area contributed by atoms with E-state index in [-0.39, 0.29) is 11.7 Å². The summed E-state index contributed by atoms with van der Waals surface area (Å²) in [5.74, 6) is 0.263. The minimum Gasteiger partial charge on any atom is -0.492 e. The summed E-state index contributed by atoms with van der Waals surface area (Å²) in [6.45, 7) is 3.75. The van der Waals surface area contributed by atoms with E-state index < -0.39 is 15.9 Å². The van der Waals surface area contributed by atoms with Crippen LogP contribution in [0.25, 0.3) is 0 Å². The van der Waals surface area contributed by atoms with Crippen LogP contribution in [0.15, 0.2) is 35.7 Å². The van der Waals surface area contributed by atoms with Gasteiger partial charge in [0.05, 0.1) is 24.1 Å². The molecule has 20 heavy (non-hydrogen) atoms. The summed E-state index contributed by atoms with van der Waals surface area (Å²) >= 11 is 0. The minimum atomic E-state index is -3.22. The van der Waals surface area contributed by atoms with Crippen LogP contribution >= 0.6 is 0 Å². The summed E-state index contributed by atoms with van der Waals surface area (Å²) in [4.78, 5) is 13.4. The number of hydrogen-bond donors (Lipinski definition) is 0. The third-order valence-electron chi connectivity index (χ3n) is 3.01. The van der Waals surface area contributed by atoms with Crippen LogP contribution in [-0.4, -0.2) is 32.7 Å². The summed E-state index contributed by atoms with van der Waals surface area (Å²) in [5.41, 5.74) is 0.591. The second-order valence-corrected chi connectivity index (χ2v) is 6.45. The molecule has 108 valence electrons. The van der Waals surface area contributed by atoms with Crippen molar-refractivity contribution in [1.82, 2.24) is 0 Å². The fraction of sp³-hybridized carbons (Fsp3) is 0.357. The van der Waals surface area contributed by atoms with Gasteiger partial charge in [0.15, 0.2) is 9.84 Å². The van der Waals surface area contributed by atoms with Crippen molar-refractivity contribution in [3.8, 4) is 5.75 Å². The molecule has 6 heteroatoms. The Labute approximate surface area is 118 Å². The van der Waals surface area contributed by atoms with E-state index in [0.29, 0.717) is 18.0 Å². The predicted octanol–water partition coefficient (Wildman–Crippen LogP) is 1.75. The standard InChI is InChI=1S/C14H17NO4S/c1-3-19-14-7-5-4-6-13(14)15(11(2)16)12-8-9-20(17,18)10-12/h4-9,12H,3,10H2,1-2H3. The number of ether oxygens (including phenoxy) is 1. The van der Waals surface area contributed by atoms with Crippen molar-refractivity contribution in [3.63, 3.8) is 0 Å². The van der Waals surface area contributed by atoms with E-state index in [2.05, 4.69) is 0 Å². The van der Waals surface area contributed by atoms with Crippen LogP contribution in [0, 0.1) is 0 Å². The molecule has 5 nitrogen and oxygen atoms in total. The van der Waals surface area contributed by atoms with E-state index in [1.54, 1.807) is 24.3 Å². The first-order chi connectivity index (χ1) is 9.44. The van der Waals surface area contributed by atoms with Crippen molar-refractivity contribution in [3.05, 3.63) is 35.7 Å².